The van der Waals surface area contributed by atoms with E-state index in [4.69, 9.17) is 14.2 Å². The Morgan fingerprint density at radius 1 is 0.875 bits per heavy atom. The predicted octanol–water partition coefficient (Wildman–Crippen LogP) is 3.29. The fraction of sp³-hybridized carbons (Fsp3) is 0.400. The van der Waals surface area contributed by atoms with Crippen molar-refractivity contribution in [3.63, 3.8) is 0 Å². The van der Waals surface area contributed by atoms with E-state index in [0.717, 1.165) is 24.0 Å². The van der Waals surface area contributed by atoms with Gasteiger partial charge in [-0.15, -0.1) is 0 Å². The first kappa shape index (κ1) is 17.1. The summed E-state index contributed by atoms with van der Waals surface area (Å²) in [4.78, 5) is 0. The van der Waals surface area contributed by atoms with Crippen molar-refractivity contribution >= 4 is 0 Å². The second-order valence-corrected chi connectivity index (χ2v) is 6.06. The molecule has 24 heavy (non-hydrogen) atoms. The van der Waals surface area contributed by atoms with Gasteiger partial charge in [0.2, 0.25) is 0 Å². The molecule has 4 nitrogen and oxygen atoms in total. The van der Waals surface area contributed by atoms with E-state index in [1.165, 1.54) is 0 Å². The van der Waals surface area contributed by atoms with Crippen LogP contribution in [0, 0.1) is 0 Å². The van der Waals surface area contributed by atoms with Crippen molar-refractivity contribution in [3.05, 3.63) is 71.8 Å². The summed E-state index contributed by atoms with van der Waals surface area (Å²) in [6.45, 7) is 1.53. The molecular formula is C20H24O4. The quantitative estimate of drug-likeness (QED) is 0.847. The van der Waals surface area contributed by atoms with E-state index >= 15 is 0 Å². The minimum atomic E-state index is -0.896. The highest BCUT2D eigenvalue weighted by atomic mass is 16.6. The van der Waals surface area contributed by atoms with Gasteiger partial charge in [-0.2, -0.15) is 0 Å². The van der Waals surface area contributed by atoms with Gasteiger partial charge in [0.05, 0.1) is 25.9 Å². The summed E-state index contributed by atoms with van der Waals surface area (Å²) in [6.07, 6.45) is 0.335. The molecule has 1 heterocycles. The number of hydrogen-bond donors (Lipinski definition) is 1. The summed E-state index contributed by atoms with van der Waals surface area (Å²) in [5, 5.41) is 10.1. The third kappa shape index (κ3) is 5.14. The molecule has 1 fully saturated rings. The van der Waals surface area contributed by atoms with Crippen LogP contribution >= 0.6 is 0 Å². The molecule has 3 atom stereocenters. The summed E-state index contributed by atoms with van der Waals surface area (Å²) < 4.78 is 17.1. The Bertz CT molecular complexity index is 587. The zero-order valence-electron chi connectivity index (χ0n) is 13.7. The molecule has 128 valence electrons. The van der Waals surface area contributed by atoms with Gasteiger partial charge in [0.15, 0.2) is 6.29 Å². The lowest BCUT2D eigenvalue weighted by atomic mass is 10.1. The van der Waals surface area contributed by atoms with Crippen molar-refractivity contribution in [1.82, 2.24) is 0 Å². The van der Waals surface area contributed by atoms with Gasteiger partial charge in [0.25, 0.3) is 0 Å². The molecule has 3 rings (SSSR count). The molecule has 0 amide bonds. The molecule has 0 bridgehead atoms. The Labute approximate surface area is 143 Å². The van der Waals surface area contributed by atoms with Gasteiger partial charge in [-0.05, 0) is 24.0 Å². The molecule has 1 aliphatic rings. The van der Waals surface area contributed by atoms with Crippen LogP contribution in [-0.2, 0) is 27.4 Å². The molecule has 1 N–H and O–H groups in total. The number of benzene rings is 2. The van der Waals surface area contributed by atoms with Gasteiger partial charge in [0.1, 0.15) is 6.10 Å². The highest BCUT2D eigenvalue weighted by Crippen LogP contribution is 2.22. The number of rotatable bonds is 7. The minimum Gasteiger partial charge on any atom is -0.374 e. The monoisotopic (exact) mass is 328 g/mol. The summed E-state index contributed by atoms with van der Waals surface area (Å²) in [5.41, 5.74) is 2.23. The molecule has 0 spiro atoms. The van der Waals surface area contributed by atoms with Gasteiger partial charge in [-0.25, -0.2) is 0 Å². The zero-order valence-corrected chi connectivity index (χ0v) is 13.7. The molecule has 0 aromatic heterocycles. The van der Waals surface area contributed by atoms with E-state index in [1.807, 2.05) is 60.7 Å². The average Bonchev–Trinajstić information content (AvgIpc) is 2.63. The maximum Gasteiger partial charge on any atom is 0.181 e. The summed E-state index contributed by atoms with van der Waals surface area (Å²) >= 11 is 0. The van der Waals surface area contributed by atoms with Crippen LogP contribution in [0.3, 0.4) is 0 Å². The normalized spacial score (nSPS) is 24.0. The SMILES string of the molecule is O[C@@H]1O[C@H](COCc2ccccc2)CC[C@H]1OCc1ccccc1. The topological polar surface area (TPSA) is 47.9 Å². The lowest BCUT2D eigenvalue weighted by molar-refractivity contribution is -0.239. The van der Waals surface area contributed by atoms with E-state index in [-0.39, 0.29) is 12.2 Å². The van der Waals surface area contributed by atoms with Crippen LogP contribution in [0.25, 0.3) is 0 Å². The van der Waals surface area contributed by atoms with Crippen LogP contribution < -0.4 is 0 Å². The van der Waals surface area contributed by atoms with E-state index in [1.54, 1.807) is 0 Å². The van der Waals surface area contributed by atoms with Gasteiger partial charge in [-0.1, -0.05) is 60.7 Å². The molecule has 0 unspecified atom stereocenters. The van der Waals surface area contributed by atoms with E-state index in [9.17, 15) is 5.11 Å². The van der Waals surface area contributed by atoms with Crippen molar-refractivity contribution in [2.24, 2.45) is 0 Å². The largest absolute Gasteiger partial charge is 0.374 e. The van der Waals surface area contributed by atoms with Crippen molar-refractivity contribution in [2.45, 2.75) is 44.6 Å². The van der Waals surface area contributed by atoms with Gasteiger partial charge in [0, 0.05) is 0 Å². The third-order valence-electron chi connectivity index (χ3n) is 4.15. The van der Waals surface area contributed by atoms with Crippen LogP contribution in [-0.4, -0.2) is 30.2 Å². The molecule has 2 aromatic carbocycles. The predicted molar refractivity (Wildman–Crippen MR) is 91.2 cm³/mol. The maximum absolute atomic E-state index is 10.1. The number of ether oxygens (including phenoxy) is 3. The molecule has 1 aliphatic heterocycles. The summed E-state index contributed by atoms with van der Waals surface area (Å²) in [7, 11) is 0. The first-order chi connectivity index (χ1) is 11.8. The highest BCUT2D eigenvalue weighted by molar-refractivity contribution is 5.14. The van der Waals surface area contributed by atoms with Crippen molar-refractivity contribution in [3.8, 4) is 0 Å². The first-order valence-corrected chi connectivity index (χ1v) is 8.42. The van der Waals surface area contributed by atoms with E-state index < -0.39 is 6.29 Å². The smallest absolute Gasteiger partial charge is 0.181 e. The fourth-order valence-corrected chi connectivity index (χ4v) is 2.79. The molecule has 0 saturated carbocycles. The first-order valence-electron chi connectivity index (χ1n) is 8.42. The van der Waals surface area contributed by atoms with Crippen LogP contribution in [0.1, 0.15) is 24.0 Å². The minimum absolute atomic E-state index is 0.0831. The van der Waals surface area contributed by atoms with E-state index in [0.29, 0.717) is 19.8 Å². The Morgan fingerprint density at radius 2 is 1.50 bits per heavy atom. The molecule has 1 saturated heterocycles. The maximum atomic E-state index is 10.1. The second-order valence-electron chi connectivity index (χ2n) is 6.06. The average molecular weight is 328 g/mol. The molecular weight excluding hydrogens is 304 g/mol. The van der Waals surface area contributed by atoms with Crippen LogP contribution in [0.5, 0.6) is 0 Å². The lowest BCUT2D eigenvalue weighted by Crippen LogP contribution is -2.41. The summed E-state index contributed by atoms with van der Waals surface area (Å²) in [5.74, 6) is 0. The highest BCUT2D eigenvalue weighted by Gasteiger charge is 2.30. The van der Waals surface area contributed by atoms with Gasteiger partial charge >= 0.3 is 0 Å². The molecule has 2 aromatic rings. The van der Waals surface area contributed by atoms with Gasteiger partial charge < -0.3 is 19.3 Å². The lowest BCUT2D eigenvalue weighted by Gasteiger charge is -2.33. The standard InChI is InChI=1S/C20H24O4/c21-20-19(23-14-17-9-5-2-6-10-17)12-11-18(24-20)15-22-13-16-7-3-1-4-8-16/h1-10,18-21H,11-15H2/t18-,19+,20+/m0/s1. The number of hydrogen-bond acceptors (Lipinski definition) is 4. The number of aliphatic hydroxyl groups excluding tert-OH is 1. The molecule has 0 radical (unpaired) electrons. The Kier molecular flexibility index (Phi) is 6.38. The Morgan fingerprint density at radius 3 is 2.12 bits per heavy atom. The van der Waals surface area contributed by atoms with E-state index in [2.05, 4.69) is 0 Å². The van der Waals surface area contributed by atoms with Crippen LogP contribution in [0.4, 0.5) is 0 Å². The summed E-state index contributed by atoms with van der Waals surface area (Å²) in [6, 6.07) is 20.0. The second kappa shape index (κ2) is 8.94. The van der Waals surface area contributed by atoms with Crippen molar-refractivity contribution in [1.29, 1.82) is 0 Å². The fourth-order valence-electron chi connectivity index (χ4n) is 2.79. The van der Waals surface area contributed by atoms with Crippen molar-refractivity contribution < 1.29 is 19.3 Å². The Hall–Kier alpha value is -1.72. The van der Waals surface area contributed by atoms with Crippen molar-refractivity contribution in [2.75, 3.05) is 6.61 Å². The number of aliphatic hydroxyl groups is 1. The van der Waals surface area contributed by atoms with Crippen LogP contribution in [0.15, 0.2) is 60.7 Å². The van der Waals surface area contributed by atoms with Crippen LogP contribution in [0.2, 0.25) is 0 Å². The molecule has 0 aliphatic carbocycles. The zero-order chi connectivity index (χ0) is 16.6. The molecule has 4 heteroatoms. The third-order valence-corrected chi connectivity index (χ3v) is 4.15. The Balaban J connectivity index is 1.37. The van der Waals surface area contributed by atoms with Gasteiger partial charge in [-0.3, -0.25) is 0 Å².